The van der Waals surface area contributed by atoms with Gasteiger partial charge in [0.1, 0.15) is 5.75 Å². The summed E-state index contributed by atoms with van der Waals surface area (Å²) in [6.07, 6.45) is 1.98. The van der Waals surface area contributed by atoms with Crippen molar-refractivity contribution in [2.75, 3.05) is 18.2 Å². The Labute approximate surface area is 178 Å². The molecule has 3 aromatic rings. The maximum absolute atomic E-state index is 12.5. The van der Waals surface area contributed by atoms with E-state index in [2.05, 4.69) is 10.3 Å². The summed E-state index contributed by atoms with van der Waals surface area (Å²) < 4.78 is 29.2. The van der Waals surface area contributed by atoms with Crippen molar-refractivity contribution >= 4 is 43.8 Å². The van der Waals surface area contributed by atoms with E-state index in [-0.39, 0.29) is 15.5 Å². The van der Waals surface area contributed by atoms with Crippen molar-refractivity contribution in [1.29, 1.82) is 0 Å². The largest absolute Gasteiger partial charge is 0.494 e. The molecule has 2 aromatic carbocycles. The van der Waals surface area contributed by atoms with Gasteiger partial charge in [0.25, 0.3) is 5.91 Å². The van der Waals surface area contributed by atoms with Crippen molar-refractivity contribution in [3.63, 3.8) is 0 Å². The van der Waals surface area contributed by atoms with E-state index in [0.29, 0.717) is 11.7 Å². The van der Waals surface area contributed by atoms with Gasteiger partial charge in [-0.1, -0.05) is 18.5 Å². The summed E-state index contributed by atoms with van der Waals surface area (Å²) in [5.41, 5.74) is 1.81. The lowest BCUT2D eigenvalue weighted by Crippen LogP contribution is -2.12. The van der Waals surface area contributed by atoms with Crippen LogP contribution in [-0.4, -0.2) is 32.2 Å². The number of thiazole rings is 1. The topological polar surface area (TPSA) is 85.4 Å². The van der Waals surface area contributed by atoms with Gasteiger partial charge in [-0.25, -0.2) is 13.4 Å². The Bertz CT molecular complexity index is 1130. The minimum absolute atomic E-state index is 0.0759. The first-order valence-electron chi connectivity index (χ1n) is 8.77. The number of sulfone groups is 1. The third-order valence-electron chi connectivity index (χ3n) is 3.94. The summed E-state index contributed by atoms with van der Waals surface area (Å²) in [7, 11) is -3.54. The second kappa shape index (κ2) is 8.94. The number of nitrogens with zero attached hydrogens (tertiary/aromatic N) is 1. The Morgan fingerprint density at radius 2 is 1.93 bits per heavy atom. The molecule has 1 heterocycles. The molecule has 3 rings (SSSR count). The SMILES string of the molecule is CCCOc1ccc(-c2csc(NC(=O)c3ccc(Cl)c(S(C)(=O)=O)c3)n2)cc1. The van der Waals surface area contributed by atoms with Crippen LogP contribution >= 0.6 is 22.9 Å². The van der Waals surface area contributed by atoms with Gasteiger partial charge in [-0.05, 0) is 48.9 Å². The third kappa shape index (κ3) is 5.35. The van der Waals surface area contributed by atoms with Crippen LogP contribution in [0.5, 0.6) is 5.75 Å². The Hall–Kier alpha value is -2.42. The first kappa shape index (κ1) is 21.3. The van der Waals surface area contributed by atoms with Gasteiger partial charge in [0.15, 0.2) is 15.0 Å². The van der Waals surface area contributed by atoms with E-state index >= 15 is 0 Å². The summed E-state index contributed by atoms with van der Waals surface area (Å²) in [5.74, 6) is 0.333. The Morgan fingerprint density at radius 1 is 1.21 bits per heavy atom. The van der Waals surface area contributed by atoms with Crippen LogP contribution in [0.3, 0.4) is 0 Å². The highest BCUT2D eigenvalue weighted by molar-refractivity contribution is 7.90. The number of carbonyl (C=O) groups is 1. The van der Waals surface area contributed by atoms with Crippen LogP contribution in [0.4, 0.5) is 5.13 Å². The molecule has 0 spiro atoms. The standard InChI is InChI=1S/C20H19ClN2O4S2/c1-3-10-27-15-7-4-13(5-8-15)17-12-28-20(22-17)23-19(24)14-6-9-16(21)18(11-14)29(2,25)26/h4-9,11-12H,3,10H2,1-2H3,(H,22,23,24). The molecule has 0 saturated heterocycles. The van der Waals surface area contributed by atoms with E-state index in [1.54, 1.807) is 0 Å². The molecule has 0 aliphatic heterocycles. The predicted octanol–water partition coefficient (Wildman–Crippen LogP) is 4.91. The number of benzene rings is 2. The second-order valence-corrected chi connectivity index (χ2v) is 9.53. The lowest BCUT2D eigenvalue weighted by Gasteiger charge is -2.06. The van der Waals surface area contributed by atoms with Gasteiger partial charge in [0.05, 0.1) is 22.2 Å². The molecule has 0 bridgehead atoms. The molecule has 1 aromatic heterocycles. The van der Waals surface area contributed by atoms with E-state index in [1.165, 1.54) is 29.5 Å². The van der Waals surface area contributed by atoms with E-state index < -0.39 is 15.7 Å². The fraction of sp³-hybridized carbons (Fsp3) is 0.200. The number of hydrogen-bond donors (Lipinski definition) is 1. The zero-order valence-electron chi connectivity index (χ0n) is 15.8. The molecule has 0 fully saturated rings. The van der Waals surface area contributed by atoms with Crippen LogP contribution < -0.4 is 10.1 Å². The molecular weight excluding hydrogens is 432 g/mol. The van der Waals surface area contributed by atoms with E-state index in [0.717, 1.165) is 29.7 Å². The van der Waals surface area contributed by atoms with Gasteiger partial charge in [-0.2, -0.15) is 0 Å². The van der Waals surface area contributed by atoms with Crippen LogP contribution in [0.1, 0.15) is 23.7 Å². The number of hydrogen-bond acceptors (Lipinski definition) is 6. The summed E-state index contributed by atoms with van der Waals surface area (Å²) in [5, 5.41) is 5.01. The van der Waals surface area contributed by atoms with Gasteiger partial charge >= 0.3 is 0 Å². The number of amides is 1. The number of aromatic nitrogens is 1. The van der Waals surface area contributed by atoms with E-state index in [1.807, 2.05) is 36.6 Å². The number of rotatable bonds is 7. The van der Waals surface area contributed by atoms with Gasteiger partial charge in [-0.3, -0.25) is 10.1 Å². The van der Waals surface area contributed by atoms with Crippen molar-refractivity contribution in [2.45, 2.75) is 18.2 Å². The van der Waals surface area contributed by atoms with Crippen LogP contribution in [0, 0.1) is 0 Å². The highest BCUT2D eigenvalue weighted by atomic mass is 35.5. The van der Waals surface area contributed by atoms with Crippen LogP contribution in [-0.2, 0) is 9.84 Å². The van der Waals surface area contributed by atoms with Crippen molar-refractivity contribution < 1.29 is 17.9 Å². The molecule has 1 N–H and O–H groups in total. The molecule has 0 saturated carbocycles. The minimum Gasteiger partial charge on any atom is -0.494 e. The zero-order chi connectivity index (χ0) is 21.0. The highest BCUT2D eigenvalue weighted by Gasteiger charge is 2.17. The van der Waals surface area contributed by atoms with Gasteiger partial charge < -0.3 is 4.74 Å². The quantitative estimate of drug-likeness (QED) is 0.552. The number of ether oxygens (including phenoxy) is 1. The minimum atomic E-state index is -3.54. The first-order valence-corrected chi connectivity index (χ1v) is 11.9. The number of anilines is 1. The molecular formula is C20H19ClN2O4S2. The molecule has 0 radical (unpaired) electrons. The fourth-order valence-electron chi connectivity index (χ4n) is 2.50. The average molecular weight is 451 g/mol. The maximum atomic E-state index is 12.5. The van der Waals surface area contributed by atoms with Crippen LogP contribution in [0.25, 0.3) is 11.3 Å². The normalized spacial score (nSPS) is 11.3. The summed E-state index contributed by atoms with van der Waals surface area (Å²) in [6.45, 7) is 2.71. The molecule has 29 heavy (non-hydrogen) atoms. The van der Waals surface area contributed by atoms with E-state index in [4.69, 9.17) is 16.3 Å². The number of halogens is 1. The van der Waals surface area contributed by atoms with Gasteiger partial charge in [0.2, 0.25) is 0 Å². The molecule has 6 nitrogen and oxygen atoms in total. The summed E-state index contributed by atoms with van der Waals surface area (Å²) in [4.78, 5) is 16.8. The van der Waals surface area contributed by atoms with Crippen molar-refractivity contribution in [3.8, 4) is 17.0 Å². The molecule has 0 atom stereocenters. The molecule has 0 aliphatic rings. The van der Waals surface area contributed by atoms with Gasteiger partial charge in [0, 0.05) is 22.8 Å². The highest BCUT2D eigenvalue weighted by Crippen LogP contribution is 2.28. The Morgan fingerprint density at radius 3 is 2.59 bits per heavy atom. The summed E-state index contributed by atoms with van der Waals surface area (Å²) in [6, 6.07) is 11.7. The van der Waals surface area contributed by atoms with Gasteiger partial charge in [-0.15, -0.1) is 11.3 Å². The zero-order valence-corrected chi connectivity index (χ0v) is 18.2. The maximum Gasteiger partial charge on any atom is 0.257 e. The van der Waals surface area contributed by atoms with Crippen LogP contribution in [0.15, 0.2) is 52.7 Å². The van der Waals surface area contributed by atoms with Crippen LogP contribution in [0.2, 0.25) is 5.02 Å². The third-order valence-corrected chi connectivity index (χ3v) is 6.28. The fourth-order valence-corrected chi connectivity index (χ4v) is 4.52. The van der Waals surface area contributed by atoms with Crippen molar-refractivity contribution in [3.05, 3.63) is 58.4 Å². The summed E-state index contributed by atoms with van der Waals surface area (Å²) >= 11 is 7.21. The first-order chi connectivity index (χ1) is 13.8. The molecule has 152 valence electrons. The smallest absolute Gasteiger partial charge is 0.257 e. The molecule has 0 unspecified atom stereocenters. The number of carbonyl (C=O) groups excluding carboxylic acids is 1. The molecule has 1 amide bonds. The van der Waals surface area contributed by atoms with Crippen molar-refractivity contribution in [1.82, 2.24) is 4.98 Å². The lowest BCUT2D eigenvalue weighted by molar-refractivity contribution is 0.102. The lowest BCUT2D eigenvalue weighted by atomic mass is 10.2. The van der Waals surface area contributed by atoms with E-state index in [9.17, 15) is 13.2 Å². The average Bonchev–Trinajstić information content (AvgIpc) is 3.14. The second-order valence-electron chi connectivity index (χ2n) is 6.28. The van der Waals surface area contributed by atoms with Crippen molar-refractivity contribution in [2.24, 2.45) is 0 Å². The Balaban J connectivity index is 1.74. The Kier molecular flexibility index (Phi) is 6.56. The number of nitrogens with one attached hydrogen (secondary N) is 1. The monoisotopic (exact) mass is 450 g/mol. The molecule has 0 aliphatic carbocycles. The molecule has 9 heteroatoms. The predicted molar refractivity (Wildman–Crippen MR) is 116 cm³/mol.